The van der Waals surface area contributed by atoms with Crippen LogP contribution < -0.4 is 9.62 Å². The Balaban J connectivity index is 2.25. The Labute approximate surface area is 168 Å². The van der Waals surface area contributed by atoms with E-state index in [1.54, 1.807) is 14.1 Å². The first-order valence-corrected chi connectivity index (χ1v) is 10.3. The zero-order valence-electron chi connectivity index (χ0n) is 16.3. The Hall–Kier alpha value is -3.01. The van der Waals surface area contributed by atoms with Gasteiger partial charge in [0, 0.05) is 31.4 Å². The van der Waals surface area contributed by atoms with Crippen molar-refractivity contribution in [3.05, 3.63) is 59.7 Å². The van der Waals surface area contributed by atoms with Crippen LogP contribution in [0, 0.1) is 11.6 Å². The molecule has 1 N–H and O–H groups in total. The standard InChI is InChI=1S/C19H21F2N3O4S/c1-12(24(29(4,27)28)15-9-10-16(20)17(21)11-15)18(25)22-14-7-5-13(6-8-14)19(26)23(2)3/h5-12H,1-4H3,(H,22,25). The Kier molecular flexibility index (Phi) is 6.58. The van der Waals surface area contributed by atoms with Crippen molar-refractivity contribution in [2.45, 2.75) is 13.0 Å². The van der Waals surface area contributed by atoms with Crippen LogP contribution >= 0.6 is 0 Å². The number of nitrogens with zero attached hydrogens (tertiary/aromatic N) is 2. The lowest BCUT2D eigenvalue weighted by atomic mass is 10.2. The minimum atomic E-state index is -3.98. The van der Waals surface area contributed by atoms with Gasteiger partial charge in [0.05, 0.1) is 11.9 Å². The first-order valence-electron chi connectivity index (χ1n) is 8.49. The van der Waals surface area contributed by atoms with Gasteiger partial charge in [0.15, 0.2) is 11.6 Å². The van der Waals surface area contributed by atoms with Crippen LogP contribution in [0.5, 0.6) is 0 Å². The van der Waals surface area contributed by atoms with Crippen molar-refractivity contribution in [2.24, 2.45) is 0 Å². The van der Waals surface area contributed by atoms with Crippen molar-refractivity contribution in [3.63, 3.8) is 0 Å². The second-order valence-electron chi connectivity index (χ2n) is 6.60. The Morgan fingerprint density at radius 2 is 1.59 bits per heavy atom. The summed E-state index contributed by atoms with van der Waals surface area (Å²) in [4.78, 5) is 25.9. The highest BCUT2D eigenvalue weighted by molar-refractivity contribution is 7.92. The number of halogens is 2. The van der Waals surface area contributed by atoms with E-state index in [1.165, 1.54) is 36.1 Å². The normalized spacial score (nSPS) is 12.2. The molecule has 0 fully saturated rings. The van der Waals surface area contributed by atoms with Crippen LogP contribution in [0.1, 0.15) is 17.3 Å². The zero-order chi connectivity index (χ0) is 21.9. The van der Waals surface area contributed by atoms with E-state index in [0.717, 1.165) is 18.4 Å². The summed E-state index contributed by atoms with van der Waals surface area (Å²) in [5.41, 5.74) is 0.581. The zero-order valence-corrected chi connectivity index (χ0v) is 17.1. The van der Waals surface area contributed by atoms with E-state index in [0.29, 0.717) is 21.6 Å². The number of sulfonamides is 1. The number of amides is 2. The third-order valence-corrected chi connectivity index (χ3v) is 5.29. The van der Waals surface area contributed by atoms with Crippen molar-refractivity contribution in [2.75, 3.05) is 30.0 Å². The fourth-order valence-corrected chi connectivity index (χ4v) is 3.80. The summed E-state index contributed by atoms with van der Waals surface area (Å²) in [6.07, 6.45) is 0.861. The number of carbonyl (C=O) groups excluding carboxylic acids is 2. The molecular formula is C19H21F2N3O4S. The molecule has 156 valence electrons. The lowest BCUT2D eigenvalue weighted by Gasteiger charge is -2.28. The molecule has 0 aliphatic rings. The van der Waals surface area contributed by atoms with Crippen molar-refractivity contribution >= 4 is 33.2 Å². The average molecular weight is 425 g/mol. The molecule has 0 heterocycles. The largest absolute Gasteiger partial charge is 0.345 e. The van der Waals surface area contributed by atoms with Crippen LogP contribution in [0.25, 0.3) is 0 Å². The molecule has 2 amide bonds. The van der Waals surface area contributed by atoms with Crippen molar-refractivity contribution in [1.29, 1.82) is 0 Å². The molecule has 2 rings (SSSR count). The Morgan fingerprint density at radius 3 is 2.07 bits per heavy atom. The molecule has 1 unspecified atom stereocenters. The predicted octanol–water partition coefficient (Wildman–Crippen LogP) is 2.46. The molecule has 10 heteroatoms. The molecule has 29 heavy (non-hydrogen) atoms. The van der Waals surface area contributed by atoms with E-state index in [9.17, 15) is 26.8 Å². The van der Waals surface area contributed by atoms with Gasteiger partial charge in [-0.25, -0.2) is 17.2 Å². The summed E-state index contributed by atoms with van der Waals surface area (Å²) in [5, 5.41) is 2.55. The monoisotopic (exact) mass is 425 g/mol. The lowest BCUT2D eigenvalue weighted by molar-refractivity contribution is -0.116. The third-order valence-electron chi connectivity index (χ3n) is 4.05. The van der Waals surface area contributed by atoms with Gasteiger partial charge in [-0.3, -0.25) is 13.9 Å². The number of rotatable bonds is 6. The van der Waals surface area contributed by atoms with E-state index in [4.69, 9.17) is 0 Å². The molecule has 0 aliphatic carbocycles. The summed E-state index contributed by atoms with van der Waals surface area (Å²) in [6, 6.07) is 7.37. The summed E-state index contributed by atoms with van der Waals surface area (Å²) in [5.74, 6) is -3.26. The molecule has 2 aromatic rings. The summed E-state index contributed by atoms with van der Waals surface area (Å²) in [7, 11) is -0.761. The van der Waals surface area contributed by atoms with Gasteiger partial charge in [0.1, 0.15) is 6.04 Å². The fraction of sp³-hybridized carbons (Fsp3) is 0.263. The maximum Gasteiger partial charge on any atom is 0.253 e. The highest BCUT2D eigenvalue weighted by atomic mass is 32.2. The maximum atomic E-state index is 13.6. The number of carbonyl (C=O) groups is 2. The summed E-state index contributed by atoms with van der Waals surface area (Å²) < 4.78 is 51.9. The predicted molar refractivity (Wildman–Crippen MR) is 106 cm³/mol. The highest BCUT2D eigenvalue weighted by Crippen LogP contribution is 2.24. The quantitative estimate of drug-likeness (QED) is 0.770. The van der Waals surface area contributed by atoms with E-state index in [2.05, 4.69) is 5.32 Å². The van der Waals surface area contributed by atoms with E-state index in [1.807, 2.05) is 0 Å². The van der Waals surface area contributed by atoms with Crippen LogP contribution in [0.3, 0.4) is 0 Å². The third kappa shape index (κ3) is 5.29. The number of benzene rings is 2. The van der Waals surface area contributed by atoms with Crippen LogP contribution in [-0.2, 0) is 14.8 Å². The number of anilines is 2. The Bertz CT molecular complexity index is 1020. The number of hydrogen-bond acceptors (Lipinski definition) is 4. The van der Waals surface area contributed by atoms with E-state index < -0.39 is 33.6 Å². The molecule has 0 aliphatic heterocycles. The maximum absolute atomic E-state index is 13.6. The average Bonchev–Trinajstić information content (AvgIpc) is 2.63. The van der Waals surface area contributed by atoms with Crippen LogP contribution in [0.4, 0.5) is 20.2 Å². The molecule has 0 saturated carbocycles. The molecule has 0 bridgehead atoms. The SMILES string of the molecule is CC(C(=O)Nc1ccc(C(=O)N(C)C)cc1)N(c1ccc(F)c(F)c1)S(C)(=O)=O. The Morgan fingerprint density at radius 1 is 1.00 bits per heavy atom. The van der Waals surface area contributed by atoms with Crippen molar-refractivity contribution in [1.82, 2.24) is 4.90 Å². The minimum Gasteiger partial charge on any atom is -0.345 e. The van der Waals surface area contributed by atoms with Crippen LogP contribution in [0.2, 0.25) is 0 Å². The molecule has 0 saturated heterocycles. The minimum absolute atomic E-state index is 0.180. The van der Waals surface area contributed by atoms with Gasteiger partial charge in [-0.05, 0) is 43.3 Å². The summed E-state index contributed by atoms with van der Waals surface area (Å²) in [6.45, 7) is 1.32. The summed E-state index contributed by atoms with van der Waals surface area (Å²) >= 11 is 0. The second-order valence-corrected chi connectivity index (χ2v) is 8.46. The van der Waals surface area contributed by atoms with Gasteiger partial charge in [-0.15, -0.1) is 0 Å². The first kappa shape index (κ1) is 22.3. The van der Waals surface area contributed by atoms with Crippen molar-refractivity contribution < 1.29 is 26.8 Å². The smallest absolute Gasteiger partial charge is 0.253 e. The molecule has 7 nitrogen and oxygen atoms in total. The molecule has 0 radical (unpaired) electrons. The first-order chi connectivity index (χ1) is 13.4. The molecule has 2 aromatic carbocycles. The van der Waals surface area contributed by atoms with Gasteiger partial charge in [0.2, 0.25) is 15.9 Å². The van der Waals surface area contributed by atoms with Gasteiger partial charge < -0.3 is 10.2 Å². The number of hydrogen-bond donors (Lipinski definition) is 1. The van der Waals surface area contributed by atoms with Crippen LogP contribution in [0.15, 0.2) is 42.5 Å². The van der Waals surface area contributed by atoms with E-state index >= 15 is 0 Å². The van der Waals surface area contributed by atoms with E-state index in [-0.39, 0.29) is 11.6 Å². The molecule has 0 spiro atoms. The van der Waals surface area contributed by atoms with Gasteiger partial charge in [-0.2, -0.15) is 0 Å². The molecule has 1 atom stereocenters. The second kappa shape index (κ2) is 8.56. The highest BCUT2D eigenvalue weighted by Gasteiger charge is 2.30. The fourth-order valence-electron chi connectivity index (χ4n) is 2.63. The van der Waals surface area contributed by atoms with Gasteiger partial charge in [0.25, 0.3) is 5.91 Å². The van der Waals surface area contributed by atoms with Crippen molar-refractivity contribution in [3.8, 4) is 0 Å². The lowest BCUT2D eigenvalue weighted by Crippen LogP contribution is -2.45. The number of nitrogens with one attached hydrogen (secondary N) is 1. The van der Waals surface area contributed by atoms with Crippen LogP contribution in [-0.4, -0.2) is 51.5 Å². The van der Waals surface area contributed by atoms with Gasteiger partial charge in [-0.1, -0.05) is 0 Å². The topological polar surface area (TPSA) is 86.8 Å². The van der Waals surface area contributed by atoms with Gasteiger partial charge >= 0.3 is 0 Å². The molecular weight excluding hydrogens is 404 g/mol. The molecule has 0 aromatic heterocycles.